The Kier molecular flexibility index (Phi) is 5.87. The molecular formula is C16H17N3O3S. The number of rotatable bonds is 7. The number of nitrogens with zero attached hydrogens (tertiary/aromatic N) is 1. The molecule has 2 aromatic rings. The Hall–Kier alpha value is -2.67. The van der Waals surface area contributed by atoms with Crippen molar-refractivity contribution in [3.05, 3.63) is 46.8 Å². The van der Waals surface area contributed by atoms with Crippen LogP contribution in [0.1, 0.15) is 21.7 Å². The van der Waals surface area contributed by atoms with Crippen molar-refractivity contribution in [3.8, 4) is 10.4 Å². The van der Waals surface area contributed by atoms with Crippen molar-refractivity contribution in [1.82, 2.24) is 5.32 Å². The van der Waals surface area contributed by atoms with Crippen molar-refractivity contribution >= 4 is 29.6 Å². The van der Waals surface area contributed by atoms with E-state index in [1.807, 2.05) is 30.3 Å². The Balaban J connectivity index is 2.00. The van der Waals surface area contributed by atoms with Crippen LogP contribution in [0.3, 0.4) is 0 Å². The third kappa shape index (κ3) is 4.93. The van der Waals surface area contributed by atoms with E-state index in [0.717, 1.165) is 16.0 Å². The van der Waals surface area contributed by atoms with Crippen molar-refractivity contribution in [2.24, 2.45) is 10.7 Å². The van der Waals surface area contributed by atoms with Crippen LogP contribution in [0.5, 0.6) is 0 Å². The first-order chi connectivity index (χ1) is 11.1. The number of hydrogen-bond donors (Lipinski definition) is 3. The standard InChI is InChI=1S/C16H17N3O3S/c17-10-18-9-11-1-3-12(4-2-11)13-5-6-14(23-13)16(22)19-8-7-15(20)21/h1-6,10H,7-9H2,(H2,17,18)(H,19,22)(H,20,21). The maximum Gasteiger partial charge on any atom is 0.305 e. The molecule has 1 aromatic heterocycles. The monoisotopic (exact) mass is 331 g/mol. The molecule has 0 atom stereocenters. The van der Waals surface area contributed by atoms with E-state index in [9.17, 15) is 9.59 Å². The maximum absolute atomic E-state index is 11.9. The predicted molar refractivity (Wildman–Crippen MR) is 90.7 cm³/mol. The number of nitrogens with two attached hydrogens (primary N) is 1. The van der Waals surface area contributed by atoms with Crippen molar-refractivity contribution < 1.29 is 14.7 Å². The molecule has 0 saturated carbocycles. The Morgan fingerprint density at radius 2 is 1.96 bits per heavy atom. The molecule has 23 heavy (non-hydrogen) atoms. The number of nitrogens with one attached hydrogen (secondary N) is 1. The summed E-state index contributed by atoms with van der Waals surface area (Å²) in [6.45, 7) is 0.663. The lowest BCUT2D eigenvalue weighted by atomic mass is 10.1. The number of aliphatic carboxylic acids is 1. The SMILES string of the molecule is NC=NCc1ccc(-c2ccc(C(=O)NCCC(=O)O)s2)cc1. The van der Waals surface area contributed by atoms with Crippen LogP contribution < -0.4 is 11.1 Å². The van der Waals surface area contributed by atoms with Gasteiger partial charge in [-0.15, -0.1) is 11.3 Å². The predicted octanol–water partition coefficient (Wildman–Crippen LogP) is 2.11. The van der Waals surface area contributed by atoms with Gasteiger partial charge in [0.05, 0.1) is 24.2 Å². The number of carbonyl (C=O) groups is 2. The van der Waals surface area contributed by atoms with Gasteiger partial charge >= 0.3 is 5.97 Å². The number of aliphatic imine (C=N–C) groups is 1. The minimum Gasteiger partial charge on any atom is -0.481 e. The van der Waals surface area contributed by atoms with Gasteiger partial charge in [-0.1, -0.05) is 24.3 Å². The van der Waals surface area contributed by atoms with E-state index in [1.54, 1.807) is 6.07 Å². The summed E-state index contributed by atoms with van der Waals surface area (Å²) in [6, 6.07) is 11.5. The molecule has 7 heteroatoms. The quantitative estimate of drug-likeness (QED) is 0.534. The van der Waals surface area contributed by atoms with Gasteiger partial charge in [0.25, 0.3) is 5.91 Å². The molecule has 0 aliphatic carbocycles. The molecule has 0 unspecified atom stereocenters. The summed E-state index contributed by atoms with van der Waals surface area (Å²) in [7, 11) is 0. The summed E-state index contributed by atoms with van der Waals surface area (Å²) in [6.07, 6.45) is 1.19. The fraction of sp³-hybridized carbons (Fsp3) is 0.188. The van der Waals surface area contributed by atoms with Crippen LogP contribution in [-0.2, 0) is 11.3 Å². The summed E-state index contributed by atoms with van der Waals surface area (Å²) in [5.41, 5.74) is 7.29. The number of carbonyl (C=O) groups excluding carboxylic acids is 1. The highest BCUT2D eigenvalue weighted by Crippen LogP contribution is 2.28. The van der Waals surface area contributed by atoms with E-state index in [4.69, 9.17) is 10.8 Å². The summed E-state index contributed by atoms with van der Waals surface area (Å²) in [5.74, 6) is -1.19. The number of carboxylic acids is 1. The van der Waals surface area contributed by atoms with E-state index in [1.165, 1.54) is 17.7 Å². The van der Waals surface area contributed by atoms with Crippen molar-refractivity contribution in [1.29, 1.82) is 0 Å². The van der Waals surface area contributed by atoms with Crippen LogP contribution in [0, 0.1) is 0 Å². The van der Waals surface area contributed by atoms with Gasteiger partial charge in [-0.3, -0.25) is 14.6 Å². The van der Waals surface area contributed by atoms with Crippen LogP contribution >= 0.6 is 11.3 Å². The summed E-state index contributed by atoms with van der Waals surface area (Å²) in [5, 5.41) is 11.2. The summed E-state index contributed by atoms with van der Waals surface area (Å²) in [4.78, 5) is 27.9. The average Bonchev–Trinajstić information content (AvgIpc) is 3.03. The van der Waals surface area contributed by atoms with Crippen LogP contribution in [0.2, 0.25) is 0 Å². The molecule has 0 aliphatic rings. The van der Waals surface area contributed by atoms with Crippen molar-refractivity contribution in [3.63, 3.8) is 0 Å². The van der Waals surface area contributed by atoms with Gasteiger partial charge in [0.15, 0.2) is 0 Å². The van der Waals surface area contributed by atoms with E-state index in [2.05, 4.69) is 10.3 Å². The van der Waals surface area contributed by atoms with Gasteiger partial charge in [-0.2, -0.15) is 0 Å². The van der Waals surface area contributed by atoms with E-state index < -0.39 is 5.97 Å². The second-order valence-electron chi connectivity index (χ2n) is 4.75. The molecule has 0 bridgehead atoms. The summed E-state index contributed by atoms with van der Waals surface area (Å²) < 4.78 is 0. The molecule has 2 rings (SSSR count). The van der Waals surface area contributed by atoms with Crippen LogP contribution in [0.15, 0.2) is 41.4 Å². The van der Waals surface area contributed by atoms with Crippen molar-refractivity contribution in [2.75, 3.05) is 6.54 Å². The lowest BCUT2D eigenvalue weighted by Gasteiger charge is -2.01. The third-order valence-electron chi connectivity index (χ3n) is 3.07. The lowest BCUT2D eigenvalue weighted by Crippen LogP contribution is -2.25. The van der Waals surface area contributed by atoms with E-state index >= 15 is 0 Å². The normalized spacial score (nSPS) is 10.8. The van der Waals surface area contributed by atoms with E-state index in [-0.39, 0.29) is 18.9 Å². The molecule has 1 amide bonds. The molecule has 0 spiro atoms. The molecule has 0 saturated heterocycles. The zero-order chi connectivity index (χ0) is 16.7. The Labute approximate surface area is 137 Å². The highest BCUT2D eigenvalue weighted by atomic mass is 32.1. The Morgan fingerprint density at radius 3 is 2.61 bits per heavy atom. The molecule has 1 heterocycles. The zero-order valence-electron chi connectivity index (χ0n) is 12.4. The zero-order valence-corrected chi connectivity index (χ0v) is 13.2. The van der Waals surface area contributed by atoms with Crippen LogP contribution in [-0.4, -0.2) is 29.9 Å². The smallest absolute Gasteiger partial charge is 0.305 e. The molecule has 120 valence electrons. The van der Waals surface area contributed by atoms with Gasteiger partial charge < -0.3 is 16.2 Å². The van der Waals surface area contributed by atoms with Crippen LogP contribution in [0.4, 0.5) is 0 Å². The number of carboxylic acid groups (broad SMARTS) is 1. The molecular weight excluding hydrogens is 314 g/mol. The average molecular weight is 331 g/mol. The number of thiophene rings is 1. The number of benzene rings is 1. The van der Waals surface area contributed by atoms with Crippen molar-refractivity contribution in [2.45, 2.75) is 13.0 Å². The topological polar surface area (TPSA) is 105 Å². The van der Waals surface area contributed by atoms with Gasteiger partial charge in [0.2, 0.25) is 0 Å². The Bertz CT molecular complexity index is 708. The fourth-order valence-electron chi connectivity index (χ4n) is 1.92. The lowest BCUT2D eigenvalue weighted by molar-refractivity contribution is -0.136. The number of hydrogen-bond acceptors (Lipinski definition) is 4. The maximum atomic E-state index is 11.9. The minimum atomic E-state index is -0.934. The second-order valence-corrected chi connectivity index (χ2v) is 5.83. The Morgan fingerprint density at radius 1 is 1.22 bits per heavy atom. The molecule has 0 fully saturated rings. The first kappa shape index (κ1) is 16.7. The van der Waals surface area contributed by atoms with Gasteiger partial charge in [0.1, 0.15) is 0 Å². The highest BCUT2D eigenvalue weighted by molar-refractivity contribution is 7.17. The molecule has 0 aliphatic heterocycles. The number of amides is 1. The van der Waals surface area contributed by atoms with Crippen LogP contribution in [0.25, 0.3) is 10.4 Å². The van der Waals surface area contributed by atoms with Gasteiger partial charge in [-0.05, 0) is 23.3 Å². The first-order valence-corrected chi connectivity index (χ1v) is 7.81. The molecule has 4 N–H and O–H groups in total. The molecule has 0 radical (unpaired) electrons. The molecule has 6 nitrogen and oxygen atoms in total. The van der Waals surface area contributed by atoms with E-state index in [0.29, 0.717) is 11.4 Å². The largest absolute Gasteiger partial charge is 0.481 e. The summed E-state index contributed by atoms with van der Waals surface area (Å²) >= 11 is 1.37. The first-order valence-electron chi connectivity index (χ1n) is 6.99. The third-order valence-corrected chi connectivity index (χ3v) is 4.21. The second kappa shape index (κ2) is 8.09. The minimum absolute atomic E-state index is 0.0866. The fourth-order valence-corrected chi connectivity index (χ4v) is 2.85. The molecule has 1 aromatic carbocycles. The van der Waals surface area contributed by atoms with Gasteiger partial charge in [-0.25, -0.2) is 0 Å². The van der Waals surface area contributed by atoms with Gasteiger partial charge in [0, 0.05) is 11.4 Å². The highest BCUT2D eigenvalue weighted by Gasteiger charge is 2.10.